The summed E-state index contributed by atoms with van der Waals surface area (Å²) >= 11 is 0. The van der Waals surface area contributed by atoms with Crippen LogP contribution in [0.4, 0.5) is 5.69 Å². The Labute approximate surface area is 120 Å². The number of likely N-dealkylation sites (tertiary alicyclic amines) is 1. The van der Waals surface area contributed by atoms with Gasteiger partial charge >= 0.3 is 0 Å². The zero-order valence-corrected chi connectivity index (χ0v) is 12.1. The molecule has 1 aromatic rings. The maximum atomic E-state index is 12.0. The Bertz CT molecular complexity index is 424. The Morgan fingerprint density at radius 2 is 2.20 bits per heavy atom. The van der Waals surface area contributed by atoms with Gasteiger partial charge in [-0.15, -0.1) is 0 Å². The number of nitrogen functional groups attached to an aromatic ring is 1. The standard InChI is InChI=1S/C15H24N4O/c1-2-7-19-8-5-13(6-9-19)18-15(20)10-14-4-3-12(16)11-17-14/h3-4,11,13H,2,5-10,16H2,1H3,(H,18,20). The van der Waals surface area contributed by atoms with Crippen molar-refractivity contribution in [3.8, 4) is 0 Å². The molecule has 0 saturated carbocycles. The van der Waals surface area contributed by atoms with E-state index < -0.39 is 0 Å². The van der Waals surface area contributed by atoms with Gasteiger partial charge in [-0.1, -0.05) is 6.92 Å². The number of piperidine rings is 1. The molecule has 0 aromatic carbocycles. The lowest BCUT2D eigenvalue weighted by Gasteiger charge is -2.32. The van der Waals surface area contributed by atoms with Crippen molar-refractivity contribution in [3.05, 3.63) is 24.0 Å². The summed E-state index contributed by atoms with van der Waals surface area (Å²) in [4.78, 5) is 18.6. The fourth-order valence-electron chi connectivity index (χ4n) is 2.60. The average Bonchev–Trinajstić information content (AvgIpc) is 2.44. The lowest BCUT2D eigenvalue weighted by molar-refractivity contribution is -0.121. The summed E-state index contributed by atoms with van der Waals surface area (Å²) in [6.07, 6.45) is 5.20. The Kier molecular flexibility index (Phi) is 5.35. The molecule has 2 rings (SSSR count). The Morgan fingerprint density at radius 1 is 1.45 bits per heavy atom. The number of pyridine rings is 1. The molecule has 1 aliphatic rings. The summed E-state index contributed by atoms with van der Waals surface area (Å²) in [5.74, 6) is 0.0520. The Morgan fingerprint density at radius 3 is 2.80 bits per heavy atom. The summed E-state index contributed by atoms with van der Waals surface area (Å²) in [6.45, 7) is 5.53. The first-order valence-electron chi connectivity index (χ1n) is 7.39. The fourth-order valence-corrected chi connectivity index (χ4v) is 2.60. The molecule has 5 heteroatoms. The molecule has 1 aromatic heterocycles. The van der Waals surface area contributed by atoms with E-state index in [0.717, 1.165) is 38.2 Å². The summed E-state index contributed by atoms with van der Waals surface area (Å²) in [5.41, 5.74) is 6.96. The lowest BCUT2D eigenvalue weighted by Crippen LogP contribution is -2.45. The highest BCUT2D eigenvalue weighted by Crippen LogP contribution is 2.11. The second-order valence-electron chi connectivity index (χ2n) is 5.44. The van der Waals surface area contributed by atoms with Crippen molar-refractivity contribution in [2.75, 3.05) is 25.4 Å². The van der Waals surface area contributed by atoms with Crippen LogP contribution in [-0.2, 0) is 11.2 Å². The molecule has 1 aliphatic heterocycles. The van der Waals surface area contributed by atoms with E-state index in [1.165, 1.54) is 6.42 Å². The van der Waals surface area contributed by atoms with Crippen LogP contribution in [-0.4, -0.2) is 41.5 Å². The Hall–Kier alpha value is -1.62. The first kappa shape index (κ1) is 14.8. The molecule has 0 atom stereocenters. The third kappa shape index (κ3) is 4.49. The van der Waals surface area contributed by atoms with Crippen LogP contribution in [0.25, 0.3) is 0 Å². The molecule has 2 heterocycles. The number of hydrogen-bond acceptors (Lipinski definition) is 4. The van der Waals surface area contributed by atoms with E-state index in [0.29, 0.717) is 18.2 Å². The third-order valence-electron chi connectivity index (χ3n) is 3.68. The van der Waals surface area contributed by atoms with Crippen LogP contribution in [0.15, 0.2) is 18.3 Å². The van der Waals surface area contributed by atoms with Gasteiger partial charge in [0, 0.05) is 24.8 Å². The summed E-state index contributed by atoms with van der Waals surface area (Å²) in [5, 5.41) is 3.11. The number of nitrogens with one attached hydrogen (secondary N) is 1. The number of rotatable bonds is 5. The van der Waals surface area contributed by atoms with Gasteiger partial charge in [0.2, 0.25) is 5.91 Å². The minimum atomic E-state index is 0.0520. The van der Waals surface area contributed by atoms with Crippen molar-refractivity contribution < 1.29 is 4.79 Å². The number of carbonyl (C=O) groups is 1. The van der Waals surface area contributed by atoms with Crippen LogP contribution in [0.1, 0.15) is 31.9 Å². The van der Waals surface area contributed by atoms with Crippen molar-refractivity contribution in [3.63, 3.8) is 0 Å². The Balaban J connectivity index is 1.74. The normalized spacial score (nSPS) is 17.1. The highest BCUT2D eigenvalue weighted by molar-refractivity contribution is 5.78. The molecule has 1 amide bonds. The van der Waals surface area contributed by atoms with E-state index >= 15 is 0 Å². The second-order valence-corrected chi connectivity index (χ2v) is 5.44. The molecular weight excluding hydrogens is 252 g/mol. The fraction of sp³-hybridized carbons (Fsp3) is 0.600. The van der Waals surface area contributed by atoms with E-state index in [1.807, 2.05) is 0 Å². The predicted octanol–water partition coefficient (Wildman–Crippen LogP) is 1.20. The summed E-state index contributed by atoms with van der Waals surface area (Å²) in [7, 11) is 0. The van der Waals surface area contributed by atoms with E-state index in [9.17, 15) is 4.79 Å². The number of aromatic nitrogens is 1. The van der Waals surface area contributed by atoms with Gasteiger partial charge in [0.1, 0.15) is 0 Å². The third-order valence-corrected chi connectivity index (χ3v) is 3.68. The predicted molar refractivity (Wildman–Crippen MR) is 80.2 cm³/mol. The lowest BCUT2D eigenvalue weighted by atomic mass is 10.0. The van der Waals surface area contributed by atoms with E-state index in [2.05, 4.69) is 22.1 Å². The van der Waals surface area contributed by atoms with Crippen molar-refractivity contribution in [2.45, 2.75) is 38.6 Å². The van der Waals surface area contributed by atoms with Crippen LogP contribution >= 0.6 is 0 Å². The molecule has 0 unspecified atom stereocenters. The molecule has 0 aliphatic carbocycles. The minimum absolute atomic E-state index is 0.0520. The second kappa shape index (κ2) is 7.24. The molecule has 0 radical (unpaired) electrons. The van der Waals surface area contributed by atoms with E-state index in [1.54, 1.807) is 18.3 Å². The molecule has 110 valence electrons. The summed E-state index contributed by atoms with van der Waals surface area (Å²) < 4.78 is 0. The van der Waals surface area contributed by atoms with Gasteiger partial charge in [-0.25, -0.2) is 0 Å². The topological polar surface area (TPSA) is 71.2 Å². The number of nitrogens with zero attached hydrogens (tertiary/aromatic N) is 2. The molecule has 1 fully saturated rings. The van der Waals surface area contributed by atoms with Gasteiger partial charge < -0.3 is 16.0 Å². The van der Waals surface area contributed by atoms with E-state index in [-0.39, 0.29) is 5.91 Å². The molecule has 20 heavy (non-hydrogen) atoms. The van der Waals surface area contributed by atoms with Crippen molar-refractivity contribution in [1.29, 1.82) is 0 Å². The van der Waals surface area contributed by atoms with Crippen molar-refractivity contribution >= 4 is 11.6 Å². The maximum Gasteiger partial charge on any atom is 0.226 e. The molecule has 0 spiro atoms. The van der Waals surface area contributed by atoms with Crippen LogP contribution in [0.5, 0.6) is 0 Å². The van der Waals surface area contributed by atoms with Crippen LogP contribution < -0.4 is 11.1 Å². The molecular formula is C15H24N4O. The monoisotopic (exact) mass is 276 g/mol. The number of anilines is 1. The quantitative estimate of drug-likeness (QED) is 0.847. The highest BCUT2D eigenvalue weighted by atomic mass is 16.1. The first-order chi connectivity index (χ1) is 9.67. The molecule has 0 bridgehead atoms. The van der Waals surface area contributed by atoms with Gasteiger partial charge in [-0.2, -0.15) is 0 Å². The van der Waals surface area contributed by atoms with Crippen LogP contribution in [0, 0.1) is 0 Å². The maximum absolute atomic E-state index is 12.0. The highest BCUT2D eigenvalue weighted by Gasteiger charge is 2.20. The molecule has 1 saturated heterocycles. The van der Waals surface area contributed by atoms with Crippen LogP contribution in [0.3, 0.4) is 0 Å². The first-order valence-corrected chi connectivity index (χ1v) is 7.39. The number of nitrogens with two attached hydrogens (primary N) is 1. The number of amides is 1. The van der Waals surface area contributed by atoms with Gasteiger partial charge in [0.25, 0.3) is 0 Å². The number of carbonyl (C=O) groups excluding carboxylic acids is 1. The van der Waals surface area contributed by atoms with Crippen LogP contribution in [0.2, 0.25) is 0 Å². The molecule has 5 nitrogen and oxygen atoms in total. The van der Waals surface area contributed by atoms with Crippen molar-refractivity contribution in [1.82, 2.24) is 15.2 Å². The summed E-state index contributed by atoms with van der Waals surface area (Å²) in [6, 6.07) is 3.89. The smallest absolute Gasteiger partial charge is 0.226 e. The van der Waals surface area contributed by atoms with Gasteiger partial charge in [0.15, 0.2) is 0 Å². The van der Waals surface area contributed by atoms with Gasteiger partial charge in [0.05, 0.1) is 18.3 Å². The van der Waals surface area contributed by atoms with E-state index in [4.69, 9.17) is 5.73 Å². The minimum Gasteiger partial charge on any atom is -0.397 e. The molecule has 3 N–H and O–H groups in total. The SMILES string of the molecule is CCCN1CCC(NC(=O)Cc2ccc(N)cn2)CC1. The van der Waals surface area contributed by atoms with Gasteiger partial charge in [-0.3, -0.25) is 9.78 Å². The zero-order chi connectivity index (χ0) is 14.4. The van der Waals surface area contributed by atoms with Gasteiger partial charge in [-0.05, 0) is 37.9 Å². The zero-order valence-electron chi connectivity index (χ0n) is 12.1. The number of hydrogen-bond donors (Lipinski definition) is 2. The largest absolute Gasteiger partial charge is 0.397 e. The average molecular weight is 276 g/mol. The van der Waals surface area contributed by atoms with Crippen molar-refractivity contribution in [2.24, 2.45) is 0 Å².